The fourth-order valence-electron chi connectivity index (χ4n) is 1.60. The molecule has 0 aromatic carbocycles. The first kappa shape index (κ1) is 12.2. The zero-order chi connectivity index (χ0) is 11.9. The predicted molar refractivity (Wildman–Crippen MR) is 70.1 cm³/mol. The van der Waals surface area contributed by atoms with Crippen molar-refractivity contribution in [2.45, 2.75) is 12.5 Å². The standard InChI is InChI=1S/C13H16N2OS/c16-12(13-2-1-9-17-13)10-15-8-5-11-3-6-14-7-4-11/h1-4,6-7,9,12,15-16H,5,8,10H2. The molecule has 0 spiro atoms. The van der Waals surface area contributed by atoms with Gasteiger partial charge in [0.2, 0.25) is 0 Å². The molecule has 2 heterocycles. The third-order valence-corrected chi connectivity index (χ3v) is 3.52. The average molecular weight is 248 g/mol. The van der Waals surface area contributed by atoms with Gasteiger partial charge in [-0.15, -0.1) is 11.3 Å². The number of aliphatic hydroxyl groups is 1. The van der Waals surface area contributed by atoms with Crippen molar-refractivity contribution < 1.29 is 5.11 Å². The highest BCUT2D eigenvalue weighted by Gasteiger charge is 2.06. The van der Waals surface area contributed by atoms with E-state index in [9.17, 15) is 5.11 Å². The Morgan fingerprint density at radius 2 is 2.12 bits per heavy atom. The lowest BCUT2D eigenvalue weighted by molar-refractivity contribution is 0.179. The molecule has 4 heteroatoms. The maximum atomic E-state index is 9.84. The van der Waals surface area contributed by atoms with Gasteiger partial charge >= 0.3 is 0 Å². The third kappa shape index (κ3) is 3.93. The molecular formula is C13H16N2OS. The van der Waals surface area contributed by atoms with Gasteiger partial charge in [-0.3, -0.25) is 4.98 Å². The second-order valence-electron chi connectivity index (χ2n) is 3.84. The third-order valence-electron chi connectivity index (χ3n) is 2.55. The number of rotatable bonds is 6. The Morgan fingerprint density at radius 3 is 2.82 bits per heavy atom. The second kappa shape index (κ2) is 6.49. The summed E-state index contributed by atoms with van der Waals surface area (Å²) < 4.78 is 0. The number of aromatic nitrogens is 1. The highest BCUT2D eigenvalue weighted by atomic mass is 32.1. The molecule has 0 saturated heterocycles. The van der Waals surface area contributed by atoms with Crippen molar-refractivity contribution in [1.29, 1.82) is 0 Å². The molecule has 2 aromatic rings. The Balaban J connectivity index is 1.67. The normalized spacial score (nSPS) is 12.5. The van der Waals surface area contributed by atoms with Gasteiger partial charge in [-0.05, 0) is 42.1 Å². The van der Waals surface area contributed by atoms with Crippen LogP contribution in [-0.4, -0.2) is 23.2 Å². The van der Waals surface area contributed by atoms with Gasteiger partial charge in [0.25, 0.3) is 0 Å². The molecule has 2 rings (SSSR count). The summed E-state index contributed by atoms with van der Waals surface area (Å²) >= 11 is 1.59. The number of nitrogens with one attached hydrogen (secondary N) is 1. The fourth-order valence-corrected chi connectivity index (χ4v) is 2.31. The second-order valence-corrected chi connectivity index (χ2v) is 4.82. The first-order valence-corrected chi connectivity index (χ1v) is 6.55. The molecule has 90 valence electrons. The van der Waals surface area contributed by atoms with Gasteiger partial charge < -0.3 is 10.4 Å². The Labute approximate surface area is 105 Å². The van der Waals surface area contributed by atoms with Crippen LogP contribution < -0.4 is 5.32 Å². The van der Waals surface area contributed by atoms with Crippen LogP contribution in [-0.2, 0) is 6.42 Å². The molecule has 0 amide bonds. The maximum absolute atomic E-state index is 9.84. The van der Waals surface area contributed by atoms with Crippen LogP contribution in [0.4, 0.5) is 0 Å². The molecule has 2 N–H and O–H groups in total. The highest BCUT2D eigenvalue weighted by Crippen LogP contribution is 2.17. The summed E-state index contributed by atoms with van der Waals surface area (Å²) in [6, 6.07) is 7.94. The van der Waals surface area contributed by atoms with Crippen molar-refractivity contribution in [3.8, 4) is 0 Å². The van der Waals surface area contributed by atoms with Crippen LogP contribution in [0.5, 0.6) is 0 Å². The van der Waals surface area contributed by atoms with E-state index in [4.69, 9.17) is 0 Å². The Kier molecular flexibility index (Phi) is 4.67. The van der Waals surface area contributed by atoms with E-state index in [2.05, 4.69) is 10.3 Å². The molecule has 1 unspecified atom stereocenters. The molecule has 0 aliphatic carbocycles. The van der Waals surface area contributed by atoms with Crippen LogP contribution in [0.1, 0.15) is 16.5 Å². The first-order chi connectivity index (χ1) is 8.36. The van der Waals surface area contributed by atoms with E-state index in [1.807, 2.05) is 29.6 Å². The predicted octanol–water partition coefficient (Wildman–Crippen LogP) is 2.01. The van der Waals surface area contributed by atoms with Gasteiger partial charge in [-0.1, -0.05) is 6.07 Å². The van der Waals surface area contributed by atoms with E-state index in [-0.39, 0.29) is 0 Å². The highest BCUT2D eigenvalue weighted by molar-refractivity contribution is 7.10. The molecule has 0 saturated carbocycles. The van der Waals surface area contributed by atoms with Crippen LogP contribution in [0.2, 0.25) is 0 Å². The smallest absolute Gasteiger partial charge is 0.101 e. The number of pyridine rings is 1. The minimum atomic E-state index is -0.396. The molecule has 0 fully saturated rings. The van der Waals surface area contributed by atoms with Crippen molar-refractivity contribution in [2.75, 3.05) is 13.1 Å². The summed E-state index contributed by atoms with van der Waals surface area (Å²) in [5.41, 5.74) is 1.26. The van der Waals surface area contributed by atoms with Gasteiger partial charge in [-0.25, -0.2) is 0 Å². The Bertz CT molecular complexity index is 416. The SMILES string of the molecule is OC(CNCCc1ccncc1)c1cccs1. The number of nitrogens with zero attached hydrogens (tertiary/aromatic N) is 1. The van der Waals surface area contributed by atoms with Crippen molar-refractivity contribution in [3.05, 3.63) is 52.5 Å². The molecule has 0 bridgehead atoms. The Hall–Kier alpha value is -1.23. The monoisotopic (exact) mass is 248 g/mol. The summed E-state index contributed by atoms with van der Waals surface area (Å²) in [7, 11) is 0. The van der Waals surface area contributed by atoms with Gasteiger partial charge in [-0.2, -0.15) is 0 Å². The zero-order valence-electron chi connectivity index (χ0n) is 9.54. The van der Waals surface area contributed by atoms with Gasteiger partial charge in [0.15, 0.2) is 0 Å². The van der Waals surface area contributed by atoms with Crippen LogP contribution in [0.25, 0.3) is 0 Å². The molecule has 17 heavy (non-hydrogen) atoms. The number of thiophene rings is 1. The summed E-state index contributed by atoms with van der Waals surface area (Å²) in [6.07, 6.45) is 4.16. The van der Waals surface area contributed by atoms with Gasteiger partial charge in [0.1, 0.15) is 6.10 Å². The summed E-state index contributed by atoms with van der Waals surface area (Å²) in [5, 5.41) is 15.1. The molecule has 0 aliphatic rings. The summed E-state index contributed by atoms with van der Waals surface area (Å²) in [4.78, 5) is 4.99. The van der Waals surface area contributed by atoms with Crippen molar-refractivity contribution in [3.63, 3.8) is 0 Å². The molecule has 0 radical (unpaired) electrons. The van der Waals surface area contributed by atoms with Gasteiger partial charge in [0, 0.05) is 23.8 Å². The zero-order valence-corrected chi connectivity index (χ0v) is 10.4. The lowest BCUT2D eigenvalue weighted by atomic mass is 10.2. The first-order valence-electron chi connectivity index (χ1n) is 5.67. The van der Waals surface area contributed by atoms with Crippen LogP contribution in [0.3, 0.4) is 0 Å². The lowest BCUT2D eigenvalue weighted by Gasteiger charge is -2.09. The van der Waals surface area contributed by atoms with Crippen molar-refractivity contribution in [1.82, 2.24) is 10.3 Å². The van der Waals surface area contributed by atoms with E-state index in [1.165, 1.54) is 5.56 Å². The minimum Gasteiger partial charge on any atom is -0.386 e. The van der Waals surface area contributed by atoms with Crippen LogP contribution in [0.15, 0.2) is 42.0 Å². The van der Waals surface area contributed by atoms with E-state index in [1.54, 1.807) is 23.7 Å². The van der Waals surface area contributed by atoms with E-state index in [0.29, 0.717) is 6.54 Å². The summed E-state index contributed by atoms with van der Waals surface area (Å²) in [6.45, 7) is 1.47. The quantitative estimate of drug-likeness (QED) is 0.769. The van der Waals surface area contributed by atoms with E-state index >= 15 is 0 Å². The largest absolute Gasteiger partial charge is 0.386 e. The average Bonchev–Trinajstić information content (AvgIpc) is 2.89. The van der Waals surface area contributed by atoms with Crippen molar-refractivity contribution >= 4 is 11.3 Å². The molecular weight excluding hydrogens is 232 g/mol. The molecule has 1 atom stereocenters. The molecule has 2 aromatic heterocycles. The van der Waals surface area contributed by atoms with Crippen LogP contribution in [0, 0.1) is 0 Å². The minimum absolute atomic E-state index is 0.396. The number of hydrogen-bond donors (Lipinski definition) is 2. The number of aliphatic hydroxyl groups excluding tert-OH is 1. The van der Waals surface area contributed by atoms with E-state index in [0.717, 1.165) is 17.8 Å². The van der Waals surface area contributed by atoms with E-state index < -0.39 is 6.10 Å². The molecule has 3 nitrogen and oxygen atoms in total. The topological polar surface area (TPSA) is 45.1 Å². The fraction of sp³-hybridized carbons (Fsp3) is 0.308. The van der Waals surface area contributed by atoms with Gasteiger partial charge in [0.05, 0.1) is 0 Å². The van der Waals surface area contributed by atoms with Crippen LogP contribution >= 0.6 is 11.3 Å². The summed E-state index contributed by atoms with van der Waals surface area (Å²) in [5.74, 6) is 0. The Morgan fingerprint density at radius 1 is 1.29 bits per heavy atom. The lowest BCUT2D eigenvalue weighted by Crippen LogP contribution is -2.23. The molecule has 0 aliphatic heterocycles. The number of hydrogen-bond acceptors (Lipinski definition) is 4. The maximum Gasteiger partial charge on any atom is 0.101 e. The van der Waals surface area contributed by atoms with Crippen molar-refractivity contribution in [2.24, 2.45) is 0 Å².